The molecule has 1 unspecified atom stereocenters. The van der Waals surface area contributed by atoms with Gasteiger partial charge in [-0.1, -0.05) is 19.9 Å². The van der Waals surface area contributed by atoms with E-state index in [2.05, 4.69) is 77.5 Å². The lowest BCUT2D eigenvalue weighted by molar-refractivity contribution is -0.134. The fourth-order valence-corrected chi connectivity index (χ4v) is 11.8. The number of benzene rings is 3. The van der Waals surface area contributed by atoms with Crippen molar-refractivity contribution >= 4 is 92.1 Å². The van der Waals surface area contributed by atoms with Crippen LogP contribution in [-0.4, -0.2) is 128 Å². The van der Waals surface area contributed by atoms with E-state index in [9.17, 15) is 18.9 Å². The Morgan fingerprint density at radius 2 is 1.71 bits per heavy atom. The van der Waals surface area contributed by atoms with Crippen molar-refractivity contribution in [2.45, 2.75) is 77.8 Å². The van der Waals surface area contributed by atoms with Crippen molar-refractivity contribution in [1.29, 1.82) is 0 Å². The Balaban J connectivity index is 0.896. The molecule has 0 radical (unpaired) electrons. The second-order valence-corrected chi connectivity index (χ2v) is 22.5. The van der Waals surface area contributed by atoms with Gasteiger partial charge in [0.15, 0.2) is 5.75 Å². The van der Waals surface area contributed by atoms with Crippen LogP contribution in [0.3, 0.4) is 0 Å². The van der Waals surface area contributed by atoms with Crippen LogP contribution in [-0.2, 0) is 38.2 Å². The molecule has 2 aromatic heterocycles. The van der Waals surface area contributed by atoms with Crippen molar-refractivity contribution < 1.29 is 32.8 Å². The largest absolute Gasteiger partial charge is 0.492 e. The van der Waals surface area contributed by atoms with Gasteiger partial charge < -0.3 is 39.4 Å². The van der Waals surface area contributed by atoms with Crippen LogP contribution in [0.2, 0.25) is 0 Å². The van der Waals surface area contributed by atoms with Crippen LogP contribution in [0.1, 0.15) is 63.3 Å². The zero-order valence-electron chi connectivity index (χ0n) is 40.8. The zero-order chi connectivity index (χ0) is 49.7. The SMILES string of the molecule is CCOc1cc(N2CCC(N3CCN(CCc4c(F)ccc(N(C)C5CCC(=O)NC5=O)c4OC=O)CC3)CC2)c(CC)cc1Nc1ncc(Br)c(Nc2ccc3nc(CC)ccc3c2P(C)(C)=O)n1. The molecule has 19 heteroatoms. The molecule has 70 heavy (non-hydrogen) atoms. The van der Waals surface area contributed by atoms with Crippen LogP contribution in [0.5, 0.6) is 11.5 Å². The number of hydrogen-bond donors (Lipinski definition) is 3. The van der Waals surface area contributed by atoms with Gasteiger partial charge >= 0.3 is 0 Å². The first-order valence-electron chi connectivity index (χ1n) is 24.2. The van der Waals surface area contributed by atoms with Crippen molar-refractivity contribution in [3.8, 4) is 11.5 Å². The van der Waals surface area contributed by atoms with Crippen LogP contribution in [0, 0.1) is 5.82 Å². The number of aryl methyl sites for hydroxylation is 2. The summed E-state index contributed by atoms with van der Waals surface area (Å²) >= 11 is 3.63. The van der Waals surface area contributed by atoms with Gasteiger partial charge in [-0.3, -0.25) is 29.6 Å². The van der Waals surface area contributed by atoms with Crippen molar-refractivity contribution in [3.63, 3.8) is 0 Å². The smallest absolute Gasteiger partial charge is 0.298 e. The lowest BCUT2D eigenvalue weighted by Gasteiger charge is -2.43. The van der Waals surface area contributed by atoms with Crippen molar-refractivity contribution in [2.75, 3.05) is 93.2 Å². The van der Waals surface area contributed by atoms with Crippen molar-refractivity contribution in [3.05, 3.63) is 81.8 Å². The fraction of sp³-hybridized carbons (Fsp3) is 0.451. The highest BCUT2D eigenvalue weighted by atomic mass is 79.9. The van der Waals surface area contributed by atoms with Gasteiger partial charge in [-0.05, 0) is 117 Å². The summed E-state index contributed by atoms with van der Waals surface area (Å²) < 4.78 is 41.5. The zero-order valence-corrected chi connectivity index (χ0v) is 43.3. The summed E-state index contributed by atoms with van der Waals surface area (Å²) in [6, 6.07) is 14.8. The van der Waals surface area contributed by atoms with Crippen LogP contribution >= 0.6 is 23.1 Å². The van der Waals surface area contributed by atoms with E-state index in [0.29, 0.717) is 65.4 Å². The molecule has 3 aliphatic heterocycles. The quantitative estimate of drug-likeness (QED) is 0.0441. The Bertz CT molecular complexity index is 2800. The predicted molar refractivity (Wildman–Crippen MR) is 278 cm³/mol. The number of carbonyl (C=O) groups is 3. The lowest BCUT2D eigenvalue weighted by atomic mass is 9.99. The molecule has 5 heterocycles. The number of carbonyl (C=O) groups excluding carboxylic acids is 3. The average molecular weight is 1040 g/mol. The number of nitrogens with one attached hydrogen (secondary N) is 3. The standard InChI is InChI=1S/C51H63BrFN10O6P/c1-7-32-28-41(57-51-54-30-37(52)49(59-51)56-40-14-13-39-36(48(40)70(5,6)67)11-10-33(8-2)55-39)45(68-9-3)29-44(32)63-22-18-34(19-23-63)62-26-24-61(25-27-62)21-20-35-38(53)12-15-42(47(35)69-31-64)60(4)43-16-17-46(65)58-50(43)66/h10-15,28-31,34,43H,7-9,16-27H2,1-6H3,(H,58,65,66)(H2,54,56,57,59). The first-order chi connectivity index (χ1) is 33.7. The highest BCUT2D eigenvalue weighted by Crippen LogP contribution is 2.43. The minimum absolute atomic E-state index is 0.0991. The Morgan fingerprint density at radius 1 is 0.943 bits per heavy atom. The molecule has 372 valence electrons. The summed E-state index contributed by atoms with van der Waals surface area (Å²) in [5, 5.41) is 10.8. The van der Waals surface area contributed by atoms with Gasteiger partial charge in [0.25, 0.3) is 6.47 Å². The number of halogens is 2. The van der Waals surface area contributed by atoms with Crippen LogP contribution in [0.25, 0.3) is 10.9 Å². The van der Waals surface area contributed by atoms with Gasteiger partial charge in [0.1, 0.15) is 30.6 Å². The van der Waals surface area contributed by atoms with Gasteiger partial charge in [-0.15, -0.1) is 0 Å². The molecule has 1 atom stereocenters. The van der Waals surface area contributed by atoms with Gasteiger partial charge in [0, 0.05) is 105 Å². The third-order valence-corrected chi connectivity index (χ3v) is 15.9. The van der Waals surface area contributed by atoms with Crippen LogP contribution in [0.15, 0.2) is 59.2 Å². The number of rotatable bonds is 18. The lowest BCUT2D eigenvalue weighted by Crippen LogP contribution is -2.53. The Hall–Kier alpha value is -5.68. The number of imide groups is 1. The number of pyridine rings is 1. The van der Waals surface area contributed by atoms with E-state index in [1.165, 1.54) is 17.7 Å². The number of piperazine rings is 1. The monoisotopic (exact) mass is 1040 g/mol. The number of amides is 2. The van der Waals surface area contributed by atoms with Gasteiger partial charge in [0.2, 0.25) is 17.8 Å². The van der Waals surface area contributed by atoms with E-state index >= 15 is 4.39 Å². The number of ether oxygens (including phenoxy) is 2. The third kappa shape index (κ3) is 11.3. The third-order valence-electron chi connectivity index (χ3n) is 13.7. The van der Waals surface area contributed by atoms with E-state index in [0.717, 1.165) is 98.2 Å². The fourth-order valence-electron chi connectivity index (χ4n) is 10.0. The molecule has 3 aromatic carbocycles. The van der Waals surface area contributed by atoms with E-state index in [1.54, 1.807) is 31.5 Å². The summed E-state index contributed by atoms with van der Waals surface area (Å²) in [5.41, 5.74) is 6.29. The maximum Gasteiger partial charge on any atom is 0.298 e. The molecule has 0 saturated carbocycles. The molecule has 5 aromatic rings. The molecule has 2 amide bonds. The normalized spacial score (nSPS) is 17.4. The summed E-state index contributed by atoms with van der Waals surface area (Å²) in [6.45, 7) is 16.3. The Kier molecular flexibility index (Phi) is 16.1. The van der Waals surface area contributed by atoms with Gasteiger partial charge in [-0.25, -0.2) is 9.37 Å². The van der Waals surface area contributed by atoms with E-state index in [-0.39, 0.29) is 30.1 Å². The average Bonchev–Trinajstić information content (AvgIpc) is 3.35. The maximum atomic E-state index is 15.4. The highest BCUT2D eigenvalue weighted by molar-refractivity contribution is 9.10. The highest BCUT2D eigenvalue weighted by Gasteiger charge is 2.33. The topological polar surface area (TPSA) is 174 Å². The molecule has 3 aliphatic rings. The van der Waals surface area contributed by atoms with E-state index in [4.69, 9.17) is 19.4 Å². The summed E-state index contributed by atoms with van der Waals surface area (Å²) in [4.78, 5) is 59.3. The number of likely N-dealkylation sites (N-methyl/N-ethyl adjacent to an activating group) is 1. The summed E-state index contributed by atoms with van der Waals surface area (Å²) in [7, 11) is -1.07. The molecule has 0 aliphatic carbocycles. The number of anilines is 6. The van der Waals surface area contributed by atoms with Crippen molar-refractivity contribution in [2.24, 2.45) is 0 Å². The summed E-state index contributed by atoms with van der Waals surface area (Å²) in [6.07, 6.45) is 6.17. The molecule has 0 bridgehead atoms. The first-order valence-corrected chi connectivity index (χ1v) is 27.6. The molecular formula is C51H63BrFN10O6P. The number of aromatic nitrogens is 3. The molecule has 16 nitrogen and oxygen atoms in total. The Labute approximate surface area is 417 Å². The van der Waals surface area contributed by atoms with Gasteiger partial charge in [0.05, 0.1) is 33.7 Å². The first kappa shape index (κ1) is 50.7. The number of nitrogens with zero attached hydrogens (tertiary/aromatic N) is 7. The second kappa shape index (κ2) is 22.2. The maximum absolute atomic E-state index is 15.4. The molecule has 3 saturated heterocycles. The number of piperidine rings is 2. The van der Waals surface area contributed by atoms with E-state index in [1.807, 2.05) is 31.2 Å². The van der Waals surface area contributed by atoms with Crippen LogP contribution < -0.4 is 40.5 Å². The van der Waals surface area contributed by atoms with Crippen molar-refractivity contribution in [1.82, 2.24) is 30.1 Å². The molecule has 3 fully saturated rings. The Morgan fingerprint density at radius 3 is 2.40 bits per heavy atom. The number of hydrogen-bond acceptors (Lipinski definition) is 15. The minimum atomic E-state index is -2.76. The molecule has 8 rings (SSSR count). The predicted octanol–water partition coefficient (Wildman–Crippen LogP) is 7.79. The molecule has 0 spiro atoms. The minimum Gasteiger partial charge on any atom is -0.492 e. The van der Waals surface area contributed by atoms with Crippen LogP contribution in [0.4, 0.5) is 38.9 Å². The molecular weight excluding hydrogens is 979 g/mol. The second-order valence-electron chi connectivity index (χ2n) is 18.5. The summed E-state index contributed by atoms with van der Waals surface area (Å²) in [5.74, 6) is 0.471. The van der Waals surface area contributed by atoms with Gasteiger partial charge in [-0.2, -0.15) is 4.98 Å². The van der Waals surface area contributed by atoms with E-state index < -0.39 is 24.9 Å². The number of fused-ring (bicyclic) bond motifs is 1. The molecule has 3 N–H and O–H groups in total.